The first kappa shape index (κ1) is 12.9. The van der Waals surface area contributed by atoms with Crippen LogP contribution in [0.3, 0.4) is 0 Å². The third kappa shape index (κ3) is 3.43. The van der Waals surface area contributed by atoms with Gasteiger partial charge < -0.3 is 4.74 Å². The van der Waals surface area contributed by atoms with Crippen molar-refractivity contribution >= 4 is 39.2 Å². The van der Waals surface area contributed by atoms with Crippen LogP contribution in [0.4, 0.5) is 0 Å². The molecule has 90 valence electrons. The summed E-state index contributed by atoms with van der Waals surface area (Å²) >= 11 is 6.66. The van der Waals surface area contributed by atoms with Crippen molar-refractivity contribution in [1.29, 1.82) is 0 Å². The van der Waals surface area contributed by atoms with E-state index in [0.717, 1.165) is 26.1 Å². The number of halogens is 1. The molecule has 0 bridgehead atoms. The Morgan fingerprint density at radius 3 is 2.94 bits per heavy atom. The summed E-state index contributed by atoms with van der Waals surface area (Å²) in [6.07, 6.45) is 0. The van der Waals surface area contributed by atoms with Crippen LogP contribution in [0.1, 0.15) is 11.4 Å². The molecule has 0 aliphatic heterocycles. The molecule has 0 radical (unpaired) electrons. The first-order valence-electron chi connectivity index (χ1n) is 4.94. The van der Waals surface area contributed by atoms with Crippen LogP contribution in [0.2, 0.25) is 0 Å². The van der Waals surface area contributed by atoms with Crippen LogP contribution in [0.5, 0.6) is 5.75 Å². The highest BCUT2D eigenvalue weighted by atomic mass is 79.9. The van der Waals surface area contributed by atoms with Gasteiger partial charge in [-0.1, -0.05) is 27.7 Å². The number of aromatic nitrogens is 2. The van der Waals surface area contributed by atoms with Crippen molar-refractivity contribution in [2.24, 2.45) is 0 Å². The zero-order valence-corrected chi connectivity index (χ0v) is 12.7. The molecule has 0 aliphatic rings. The van der Waals surface area contributed by atoms with Crippen LogP contribution in [0, 0.1) is 6.92 Å². The highest BCUT2D eigenvalue weighted by Crippen LogP contribution is 2.30. The SMILES string of the molecule is COc1ccc(Br)c(CSc2nc(C)ns2)c1. The zero-order valence-electron chi connectivity index (χ0n) is 9.44. The van der Waals surface area contributed by atoms with Gasteiger partial charge in [0.2, 0.25) is 0 Å². The Morgan fingerprint density at radius 2 is 2.29 bits per heavy atom. The van der Waals surface area contributed by atoms with Gasteiger partial charge in [-0.05, 0) is 42.2 Å². The van der Waals surface area contributed by atoms with Crippen LogP contribution in [0.25, 0.3) is 0 Å². The second-order valence-electron chi connectivity index (χ2n) is 3.35. The summed E-state index contributed by atoms with van der Waals surface area (Å²) in [7, 11) is 1.67. The number of thioether (sulfide) groups is 1. The van der Waals surface area contributed by atoms with Gasteiger partial charge in [0.1, 0.15) is 11.6 Å². The molecule has 1 aromatic carbocycles. The van der Waals surface area contributed by atoms with Crippen molar-refractivity contribution in [1.82, 2.24) is 9.36 Å². The van der Waals surface area contributed by atoms with Crippen LogP contribution < -0.4 is 4.74 Å². The molecular formula is C11H11BrN2OS2. The number of methoxy groups -OCH3 is 1. The van der Waals surface area contributed by atoms with Gasteiger partial charge in [0.25, 0.3) is 0 Å². The summed E-state index contributed by atoms with van der Waals surface area (Å²) in [5.41, 5.74) is 1.20. The van der Waals surface area contributed by atoms with Crippen LogP contribution >= 0.6 is 39.2 Å². The lowest BCUT2D eigenvalue weighted by atomic mass is 10.2. The molecule has 0 atom stereocenters. The smallest absolute Gasteiger partial charge is 0.170 e. The summed E-state index contributed by atoms with van der Waals surface area (Å²) in [6.45, 7) is 1.90. The third-order valence-electron chi connectivity index (χ3n) is 2.11. The van der Waals surface area contributed by atoms with Gasteiger partial charge in [0, 0.05) is 10.2 Å². The number of hydrogen-bond donors (Lipinski definition) is 0. The Labute approximate surface area is 117 Å². The lowest BCUT2D eigenvalue weighted by Crippen LogP contribution is -1.87. The molecule has 0 aliphatic carbocycles. The van der Waals surface area contributed by atoms with Gasteiger partial charge >= 0.3 is 0 Å². The third-order valence-corrected chi connectivity index (χ3v) is 4.86. The molecular weight excluding hydrogens is 320 g/mol. The maximum absolute atomic E-state index is 5.21. The second-order valence-corrected chi connectivity index (χ2v) is 6.18. The van der Waals surface area contributed by atoms with Crippen molar-refractivity contribution in [2.75, 3.05) is 7.11 Å². The van der Waals surface area contributed by atoms with Gasteiger partial charge in [-0.3, -0.25) is 0 Å². The minimum absolute atomic E-state index is 0.835. The van der Waals surface area contributed by atoms with Crippen molar-refractivity contribution in [3.63, 3.8) is 0 Å². The molecule has 6 heteroatoms. The van der Waals surface area contributed by atoms with E-state index in [1.807, 2.05) is 25.1 Å². The van der Waals surface area contributed by atoms with E-state index in [4.69, 9.17) is 4.74 Å². The fraction of sp³-hybridized carbons (Fsp3) is 0.273. The predicted octanol–water partition coefficient (Wildman–Crippen LogP) is 3.91. The van der Waals surface area contributed by atoms with E-state index in [1.54, 1.807) is 18.9 Å². The molecule has 3 nitrogen and oxygen atoms in total. The number of ether oxygens (including phenoxy) is 1. The predicted molar refractivity (Wildman–Crippen MR) is 74.9 cm³/mol. The lowest BCUT2D eigenvalue weighted by Gasteiger charge is -2.05. The minimum Gasteiger partial charge on any atom is -0.497 e. The van der Waals surface area contributed by atoms with Gasteiger partial charge in [0.05, 0.1) is 7.11 Å². The quantitative estimate of drug-likeness (QED) is 0.796. The standard InChI is InChI=1S/C11H11BrN2OS2/c1-7-13-11(17-14-7)16-6-8-5-9(15-2)3-4-10(8)12/h3-5H,6H2,1-2H3. The number of rotatable bonds is 4. The molecule has 0 spiro atoms. The van der Waals surface area contributed by atoms with Crippen molar-refractivity contribution < 1.29 is 4.74 Å². The van der Waals surface area contributed by atoms with E-state index >= 15 is 0 Å². The molecule has 0 saturated carbocycles. The normalized spacial score (nSPS) is 10.5. The Morgan fingerprint density at radius 1 is 1.47 bits per heavy atom. The largest absolute Gasteiger partial charge is 0.497 e. The van der Waals surface area contributed by atoms with Gasteiger partial charge in [0.15, 0.2) is 4.34 Å². The zero-order chi connectivity index (χ0) is 12.3. The fourth-order valence-electron chi connectivity index (χ4n) is 1.26. The molecule has 0 fully saturated rings. The molecule has 0 unspecified atom stereocenters. The minimum atomic E-state index is 0.835. The Balaban J connectivity index is 2.07. The number of hydrogen-bond acceptors (Lipinski definition) is 5. The first-order valence-corrected chi connectivity index (χ1v) is 7.50. The highest BCUT2D eigenvalue weighted by Gasteiger charge is 2.06. The van der Waals surface area contributed by atoms with Gasteiger partial charge in [-0.15, -0.1) is 0 Å². The molecule has 0 N–H and O–H groups in total. The summed E-state index contributed by atoms with van der Waals surface area (Å²) < 4.78 is 11.5. The number of nitrogens with zero attached hydrogens (tertiary/aromatic N) is 2. The van der Waals surface area contributed by atoms with Crippen LogP contribution in [-0.2, 0) is 5.75 Å². The Kier molecular flexibility index (Phi) is 4.42. The summed E-state index contributed by atoms with van der Waals surface area (Å²) in [6, 6.07) is 5.97. The van der Waals surface area contributed by atoms with Crippen LogP contribution in [-0.4, -0.2) is 16.5 Å². The number of benzene rings is 1. The molecule has 0 saturated heterocycles. The monoisotopic (exact) mass is 330 g/mol. The van der Waals surface area contributed by atoms with E-state index in [1.165, 1.54) is 17.1 Å². The maximum Gasteiger partial charge on any atom is 0.170 e. The molecule has 2 aromatic rings. The number of aryl methyl sites for hydroxylation is 1. The maximum atomic E-state index is 5.21. The van der Waals surface area contributed by atoms with E-state index in [-0.39, 0.29) is 0 Å². The first-order chi connectivity index (χ1) is 8.19. The molecule has 0 amide bonds. The topological polar surface area (TPSA) is 35.0 Å². The highest BCUT2D eigenvalue weighted by molar-refractivity contribution is 9.10. The summed E-state index contributed by atoms with van der Waals surface area (Å²) in [5, 5.41) is 0. The van der Waals surface area contributed by atoms with E-state index in [0.29, 0.717) is 0 Å². The van der Waals surface area contributed by atoms with Crippen LogP contribution in [0.15, 0.2) is 27.0 Å². The lowest BCUT2D eigenvalue weighted by molar-refractivity contribution is 0.414. The van der Waals surface area contributed by atoms with Gasteiger partial charge in [-0.2, -0.15) is 4.37 Å². The molecule has 1 aromatic heterocycles. The average molecular weight is 331 g/mol. The van der Waals surface area contributed by atoms with Crippen molar-refractivity contribution in [3.05, 3.63) is 34.1 Å². The molecule has 2 rings (SSSR count). The Hall–Kier alpha value is -0.590. The molecule has 17 heavy (non-hydrogen) atoms. The summed E-state index contributed by atoms with van der Waals surface area (Å²) in [4.78, 5) is 4.32. The van der Waals surface area contributed by atoms with E-state index < -0.39 is 0 Å². The van der Waals surface area contributed by atoms with E-state index in [2.05, 4.69) is 25.3 Å². The van der Waals surface area contributed by atoms with Gasteiger partial charge in [-0.25, -0.2) is 4.98 Å². The van der Waals surface area contributed by atoms with E-state index in [9.17, 15) is 0 Å². The fourth-order valence-corrected chi connectivity index (χ4v) is 3.48. The molecule has 1 heterocycles. The van der Waals surface area contributed by atoms with Crippen molar-refractivity contribution in [3.8, 4) is 5.75 Å². The average Bonchev–Trinajstić information content (AvgIpc) is 2.74. The Bertz CT molecular complexity index is 516. The van der Waals surface area contributed by atoms with Crippen molar-refractivity contribution in [2.45, 2.75) is 17.0 Å². The second kappa shape index (κ2) is 5.84. The summed E-state index contributed by atoms with van der Waals surface area (Å²) in [5.74, 6) is 2.56.